The lowest BCUT2D eigenvalue weighted by molar-refractivity contribution is -0.192. The number of hydrogen-bond donors (Lipinski definition) is 3. The molecule has 0 saturated carbocycles. The van der Waals surface area contributed by atoms with E-state index in [1.165, 1.54) is 11.6 Å². The van der Waals surface area contributed by atoms with Crippen LogP contribution in [0.15, 0.2) is 54.6 Å². The van der Waals surface area contributed by atoms with Gasteiger partial charge in [-0.15, -0.1) is 11.3 Å². The minimum atomic E-state index is -5.08. The molecule has 1 aliphatic heterocycles. The van der Waals surface area contributed by atoms with Crippen LogP contribution in [-0.2, 0) is 22.3 Å². The molecule has 0 atom stereocenters. The van der Waals surface area contributed by atoms with Crippen molar-refractivity contribution in [2.75, 3.05) is 19.6 Å². The van der Waals surface area contributed by atoms with Crippen molar-refractivity contribution in [3.63, 3.8) is 0 Å². The number of aromatic amines is 1. The number of aromatic nitrogens is 2. The number of likely N-dealkylation sites (tertiary alicyclic amines) is 1. The fraction of sp³-hybridized carbons (Fsp3) is 0.321. The predicted molar refractivity (Wildman–Crippen MR) is 146 cm³/mol. The van der Waals surface area contributed by atoms with E-state index in [1.54, 1.807) is 11.3 Å². The Morgan fingerprint density at radius 1 is 1.02 bits per heavy atom. The number of nitrogens with one attached hydrogen (secondary N) is 2. The third kappa shape index (κ3) is 8.10. The summed E-state index contributed by atoms with van der Waals surface area (Å²) in [6.07, 6.45) is -6.86. The molecule has 2 aromatic carbocycles. The molecule has 1 saturated heterocycles. The zero-order chi connectivity index (χ0) is 30.5. The average molecular weight is 613 g/mol. The van der Waals surface area contributed by atoms with Crippen molar-refractivity contribution in [2.24, 2.45) is 0 Å². The summed E-state index contributed by atoms with van der Waals surface area (Å²) in [6, 6.07) is 15.8. The van der Waals surface area contributed by atoms with Crippen LogP contribution in [0.4, 0.5) is 26.3 Å². The number of imidazole rings is 1. The standard InChI is InChI=1S/C26H25F3N4OS.C2HF3O2/c27-26(28,29)19-8-9-20-21(15-19)32-25(31-20)23-11-10-22(35-23)18-6-4-17(5-7-18)16-30-12-2-14-33-13-1-3-24(33)34;3-2(4,5)1(6)7/h4-11,15,30H,1-3,12-14,16H2,(H,31,32);(H,6,7). The summed E-state index contributed by atoms with van der Waals surface area (Å²) < 4.78 is 70.7. The Hall–Kier alpha value is -3.91. The highest BCUT2D eigenvalue weighted by Crippen LogP contribution is 2.35. The molecule has 14 heteroatoms. The zero-order valence-electron chi connectivity index (χ0n) is 22.0. The van der Waals surface area contributed by atoms with Gasteiger partial charge in [0.25, 0.3) is 0 Å². The average Bonchev–Trinajstić information content (AvgIpc) is 3.67. The molecule has 3 N–H and O–H groups in total. The number of amides is 1. The number of H-pyrrole nitrogens is 1. The lowest BCUT2D eigenvalue weighted by Gasteiger charge is -2.15. The lowest BCUT2D eigenvalue weighted by Crippen LogP contribution is -2.28. The number of carboxylic acid groups (broad SMARTS) is 1. The van der Waals surface area contributed by atoms with E-state index < -0.39 is 23.9 Å². The Morgan fingerprint density at radius 2 is 1.71 bits per heavy atom. The van der Waals surface area contributed by atoms with Gasteiger partial charge in [0.2, 0.25) is 5.91 Å². The van der Waals surface area contributed by atoms with Crippen LogP contribution < -0.4 is 5.32 Å². The number of halogens is 6. The summed E-state index contributed by atoms with van der Waals surface area (Å²) >= 11 is 1.54. The Balaban J connectivity index is 0.000000517. The number of hydrogen-bond acceptors (Lipinski definition) is 5. The van der Waals surface area contributed by atoms with Crippen LogP contribution in [0.3, 0.4) is 0 Å². The van der Waals surface area contributed by atoms with Crippen molar-refractivity contribution in [1.82, 2.24) is 20.2 Å². The van der Waals surface area contributed by atoms with Crippen LogP contribution in [0.2, 0.25) is 0 Å². The molecule has 7 nitrogen and oxygen atoms in total. The van der Waals surface area contributed by atoms with Gasteiger partial charge in [0.1, 0.15) is 5.82 Å². The minimum Gasteiger partial charge on any atom is -0.475 e. The molecule has 0 unspecified atom stereocenters. The molecule has 1 amide bonds. The molecule has 2 aromatic heterocycles. The maximum atomic E-state index is 13.0. The van der Waals surface area contributed by atoms with Gasteiger partial charge in [-0.25, -0.2) is 9.78 Å². The Morgan fingerprint density at radius 3 is 2.33 bits per heavy atom. The predicted octanol–water partition coefficient (Wildman–Crippen LogP) is 6.71. The fourth-order valence-electron chi connectivity index (χ4n) is 4.28. The number of benzene rings is 2. The number of carboxylic acids is 1. The fourth-order valence-corrected chi connectivity index (χ4v) is 5.23. The molecule has 224 valence electrons. The van der Waals surface area contributed by atoms with Crippen molar-refractivity contribution >= 4 is 34.2 Å². The van der Waals surface area contributed by atoms with Gasteiger partial charge in [-0.1, -0.05) is 24.3 Å². The van der Waals surface area contributed by atoms with E-state index in [0.29, 0.717) is 23.3 Å². The number of carbonyl (C=O) groups is 2. The van der Waals surface area contributed by atoms with Crippen molar-refractivity contribution < 1.29 is 41.0 Å². The largest absolute Gasteiger partial charge is 0.490 e. The highest BCUT2D eigenvalue weighted by molar-refractivity contribution is 7.18. The highest BCUT2D eigenvalue weighted by atomic mass is 32.1. The number of rotatable bonds is 8. The summed E-state index contributed by atoms with van der Waals surface area (Å²) in [5.41, 5.74) is 2.44. The molecule has 1 fully saturated rings. The number of thiophene rings is 1. The van der Waals surface area contributed by atoms with Gasteiger partial charge in [0.15, 0.2) is 0 Å². The maximum Gasteiger partial charge on any atom is 0.490 e. The zero-order valence-corrected chi connectivity index (χ0v) is 22.8. The second kappa shape index (κ2) is 12.9. The van der Waals surface area contributed by atoms with Gasteiger partial charge in [-0.3, -0.25) is 4.79 Å². The van der Waals surface area contributed by atoms with E-state index in [0.717, 1.165) is 66.5 Å². The van der Waals surface area contributed by atoms with Crippen molar-refractivity contribution in [2.45, 2.75) is 38.2 Å². The van der Waals surface area contributed by atoms with Gasteiger partial charge in [0.05, 0.1) is 21.5 Å². The summed E-state index contributed by atoms with van der Waals surface area (Å²) in [4.78, 5) is 31.9. The molecule has 0 aliphatic carbocycles. The minimum absolute atomic E-state index is 0.272. The van der Waals surface area contributed by atoms with E-state index in [9.17, 15) is 31.1 Å². The van der Waals surface area contributed by atoms with E-state index in [1.807, 2.05) is 17.0 Å². The smallest absolute Gasteiger partial charge is 0.475 e. The van der Waals surface area contributed by atoms with Crippen molar-refractivity contribution in [3.05, 3.63) is 65.7 Å². The summed E-state index contributed by atoms with van der Waals surface area (Å²) in [6.45, 7) is 3.34. The maximum absolute atomic E-state index is 13.0. The summed E-state index contributed by atoms with van der Waals surface area (Å²) in [7, 11) is 0. The van der Waals surface area contributed by atoms with Crippen LogP contribution in [0.5, 0.6) is 0 Å². The van der Waals surface area contributed by atoms with Crippen LogP contribution in [0.1, 0.15) is 30.4 Å². The normalized spacial score (nSPS) is 13.9. The number of alkyl halides is 6. The molecule has 5 rings (SSSR count). The monoisotopic (exact) mass is 612 g/mol. The molecular weight excluding hydrogens is 586 g/mol. The molecule has 4 aromatic rings. The molecular formula is C28H26F6N4O3S. The number of fused-ring (bicyclic) bond motifs is 1. The first kappa shape index (κ1) is 31.0. The second-order valence-electron chi connectivity index (χ2n) is 9.49. The molecule has 0 bridgehead atoms. The van der Waals surface area contributed by atoms with Crippen LogP contribution >= 0.6 is 11.3 Å². The first-order valence-corrected chi connectivity index (χ1v) is 13.7. The van der Waals surface area contributed by atoms with Crippen molar-refractivity contribution in [1.29, 1.82) is 0 Å². The van der Waals surface area contributed by atoms with Gasteiger partial charge >= 0.3 is 18.3 Å². The van der Waals surface area contributed by atoms with Crippen molar-refractivity contribution in [3.8, 4) is 21.1 Å². The molecule has 3 heterocycles. The van der Waals surface area contributed by atoms with Gasteiger partial charge < -0.3 is 20.3 Å². The Labute approximate surface area is 240 Å². The van der Waals surface area contributed by atoms with E-state index in [2.05, 4.69) is 39.6 Å². The molecule has 0 radical (unpaired) electrons. The third-order valence-electron chi connectivity index (χ3n) is 6.41. The summed E-state index contributed by atoms with van der Waals surface area (Å²) in [5.74, 6) is -1.92. The number of aliphatic carboxylic acids is 1. The van der Waals surface area contributed by atoms with E-state index >= 15 is 0 Å². The second-order valence-corrected chi connectivity index (χ2v) is 10.6. The summed E-state index contributed by atoms with van der Waals surface area (Å²) in [5, 5.41) is 10.6. The lowest BCUT2D eigenvalue weighted by atomic mass is 10.1. The van der Waals surface area contributed by atoms with Gasteiger partial charge in [-0.2, -0.15) is 26.3 Å². The SMILES string of the molecule is O=C(O)C(F)(F)F.O=C1CCCN1CCCNCc1ccc(-c2ccc(-c3nc4ccc(C(F)(F)F)cc4[nH]3)s2)cc1. The third-order valence-corrected chi connectivity index (χ3v) is 7.55. The van der Waals surface area contributed by atoms with Crippen LogP contribution in [0.25, 0.3) is 32.2 Å². The van der Waals surface area contributed by atoms with Gasteiger partial charge in [-0.05, 0) is 60.8 Å². The number of carbonyl (C=O) groups excluding carboxylic acids is 1. The van der Waals surface area contributed by atoms with Crippen LogP contribution in [-0.4, -0.2) is 57.7 Å². The van der Waals surface area contributed by atoms with Crippen LogP contribution in [0, 0.1) is 0 Å². The van der Waals surface area contributed by atoms with E-state index in [4.69, 9.17) is 9.90 Å². The van der Waals surface area contributed by atoms with E-state index in [-0.39, 0.29) is 5.91 Å². The van der Waals surface area contributed by atoms with Gasteiger partial charge in [0, 0.05) is 30.9 Å². The quantitative estimate of drug-likeness (QED) is 0.152. The molecule has 1 aliphatic rings. The Kier molecular flexibility index (Phi) is 9.57. The molecule has 42 heavy (non-hydrogen) atoms. The topological polar surface area (TPSA) is 98.3 Å². The first-order valence-electron chi connectivity index (χ1n) is 12.9. The molecule has 0 spiro atoms. The highest BCUT2D eigenvalue weighted by Gasteiger charge is 2.38. The number of nitrogens with zero attached hydrogens (tertiary/aromatic N) is 2. The first-order chi connectivity index (χ1) is 19.8. The Bertz CT molecular complexity index is 1530.